The Bertz CT molecular complexity index is 58.7. The molecule has 0 radical (unpaired) electrons. The van der Waals surface area contributed by atoms with Gasteiger partial charge in [-0.3, -0.25) is 0 Å². The van der Waals surface area contributed by atoms with Gasteiger partial charge in [0.15, 0.2) is 0 Å². The van der Waals surface area contributed by atoms with Crippen molar-refractivity contribution in [1.82, 2.24) is 0 Å². The van der Waals surface area contributed by atoms with Crippen LogP contribution in [0, 0.1) is 0 Å². The van der Waals surface area contributed by atoms with Crippen LogP contribution in [0.4, 0.5) is 0 Å². The van der Waals surface area contributed by atoms with Crippen molar-refractivity contribution in [2.75, 3.05) is 13.2 Å². The molecule has 2 nitrogen and oxygen atoms in total. The minimum atomic E-state index is -0.292. The average molecular weight is 167 g/mol. The van der Waals surface area contributed by atoms with E-state index in [1.807, 2.05) is 0 Å². The van der Waals surface area contributed by atoms with E-state index in [9.17, 15) is 0 Å². The van der Waals surface area contributed by atoms with Crippen LogP contribution in [0.1, 0.15) is 0 Å². The molecule has 1 fully saturated rings. The highest BCUT2D eigenvalue weighted by Gasteiger charge is 2.22. The van der Waals surface area contributed by atoms with Gasteiger partial charge in [0.2, 0.25) is 0 Å². The van der Waals surface area contributed by atoms with Gasteiger partial charge < -0.3 is 9.84 Å². The zero-order valence-corrected chi connectivity index (χ0v) is 5.39. The van der Waals surface area contributed by atoms with E-state index >= 15 is 0 Å². The first-order chi connectivity index (χ1) is 3.30. The minimum absolute atomic E-state index is 0.160. The third-order valence-electron chi connectivity index (χ3n) is 0.983. The molecule has 1 aliphatic heterocycles. The predicted octanol–water partition coefficient (Wildman–Crippen LogP) is 0.141. The Balaban J connectivity index is 2.33. The molecule has 2 atom stereocenters. The Kier molecular flexibility index (Phi) is 1.67. The number of ether oxygens (including phenoxy) is 1. The number of hydrogen-bond donors (Lipinski definition) is 1. The van der Waals surface area contributed by atoms with Crippen LogP contribution in [0.3, 0.4) is 0 Å². The van der Waals surface area contributed by atoms with Crippen LogP contribution in [0.2, 0.25) is 0 Å². The van der Waals surface area contributed by atoms with Crippen molar-refractivity contribution in [1.29, 1.82) is 0 Å². The average Bonchev–Trinajstić information content (AvgIpc) is 1.91. The molecule has 0 aliphatic carbocycles. The van der Waals surface area contributed by atoms with Crippen LogP contribution in [0.25, 0.3) is 0 Å². The Hall–Kier alpha value is 0.400. The molecule has 1 saturated heterocycles. The lowest BCUT2D eigenvalue weighted by molar-refractivity contribution is 0.127. The normalized spacial score (nSPS) is 42.0. The topological polar surface area (TPSA) is 29.5 Å². The molecule has 0 amide bonds. The van der Waals surface area contributed by atoms with Crippen LogP contribution in [0.5, 0.6) is 0 Å². The summed E-state index contributed by atoms with van der Waals surface area (Å²) < 4.78 is 4.87. The SMILES string of the molecule is O[C@H]1COC[C@@H]1Br. The quantitative estimate of drug-likeness (QED) is 0.520. The van der Waals surface area contributed by atoms with Gasteiger partial charge in [-0.2, -0.15) is 0 Å². The van der Waals surface area contributed by atoms with Crippen LogP contribution >= 0.6 is 15.9 Å². The van der Waals surface area contributed by atoms with E-state index in [0.717, 1.165) is 0 Å². The van der Waals surface area contributed by atoms with Crippen LogP contribution in [0.15, 0.2) is 0 Å². The maximum Gasteiger partial charge on any atom is 0.0920 e. The Labute approximate surface area is 50.6 Å². The third-order valence-corrected chi connectivity index (χ3v) is 1.86. The first kappa shape index (κ1) is 5.54. The Morgan fingerprint density at radius 3 is 2.43 bits per heavy atom. The second kappa shape index (κ2) is 2.11. The highest BCUT2D eigenvalue weighted by atomic mass is 79.9. The van der Waals surface area contributed by atoms with Crippen molar-refractivity contribution < 1.29 is 9.84 Å². The van der Waals surface area contributed by atoms with Crippen LogP contribution in [-0.4, -0.2) is 29.3 Å². The third kappa shape index (κ3) is 1.15. The van der Waals surface area contributed by atoms with Crippen molar-refractivity contribution in [3.63, 3.8) is 0 Å². The van der Waals surface area contributed by atoms with Gasteiger partial charge in [0.05, 0.1) is 24.1 Å². The van der Waals surface area contributed by atoms with Gasteiger partial charge >= 0.3 is 0 Å². The summed E-state index contributed by atoms with van der Waals surface area (Å²) in [7, 11) is 0. The summed E-state index contributed by atoms with van der Waals surface area (Å²) in [6.45, 7) is 1.12. The second-order valence-corrected chi connectivity index (χ2v) is 2.80. The molecule has 0 spiro atoms. The lowest BCUT2D eigenvalue weighted by Crippen LogP contribution is -2.16. The number of alkyl halides is 1. The molecule has 3 heteroatoms. The summed E-state index contributed by atoms with van der Waals surface area (Å²) in [6, 6.07) is 0. The first-order valence-corrected chi connectivity index (χ1v) is 3.12. The van der Waals surface area contributed by atoms with Gasteiger partial charge in [-0.05, 0) is 0 Å². The Morgan fingerprint density at radius 2 is 2.29 bits per heavy atom. The summed E-state index contributed by atoms with van der Waals surface area (Å²) in [5, 5.41) is 8.83. The predicted molar refractivity (Wildman–Crippen MR) is 29.5 cm³/mol. The number of hydrogen-bond acceptors (Lipinski definition) is 2. The molecule has 0 aromatic heterocycles. The standard InChI is InChI=1S/C4H7BrO2/c5-3-1-7-2-4(3)6/h3-4,6H,1-2H2/t3-,4-/m0/s1. The maximum atomic E-state index is 8.83. The molecular weight excluding hydrogens is 160 g/mol. The van der Waals surface area contributed by atoms with Crippen molar-refractivity contribution >= 4 is 15.9 Å². The van der Waals surface area contributed by atoms with E-state index in [1.54, 1.807) is 0 Å². The van der Waals surface area contributed by atoms with Gasteiger partial charge in [0.1, 0.15) is 0 Å². The van der Waals surface area contributed by atoms with E-state index in [-0.39, 0.29) is 10.9 Å². The van der Waals surface area contributed by atoms with Crippen molar-refractivity contribution in [2.45, 2.75) is 10.9 Å². The smallest absolute Gasteiger partial charge is 0.0920 e. The van der Waals surface area contributed by atoms with Gasteiger partial charge in [0, 0.05) is 0 Å². The Morgan fingerprint density at radius 1 is 1.57 bits per heavy atom. The summed E-state index contributed by atoms with van der Waals surface area (Å²) >= 11 is 3.23. The van der Waals surface area contributed by atoms with Gasteiger partial charge in [0.25, 0.3) is 0 Å². The molecule has 1 heterocycles. The summed E-state index contributed by atoms with van der Waals surface area (Å²) in [6.07, 6.45) is -0.292. The van der Waals surface area contributed by atoms with E-state index in [4.69, 9.17) is 9.84 Å². The molecular formula is C4H7BrO2. The van der Waals surface area contributed by atoms with Crippen LogP contribution < -0.4 is 0 Å². The fourth-order valence-electron chi connectivity index (χ4n) is 0.517. The van der Waals surface area contributed by atoms with Gasteiger partial charge in [-0.15, -0.1) is 0 Å². The lowest BCUT2D eigenvalue weighted by Gasteiger charge is -1.98. The highest BCUT2D eigenvalue weighted by Crippen LogP contribution is 2.12. The van der Waals surface area contributed by atoms with E-state index in [0.29, 0.717) is 13.2 Å². The van der Waals surface area contributed by atoms with Gasteiger partial charge in [-0.1, -0.05) is 15.9 Å². The molecule has 7 heavy (non-hydrogen) atoms. The summed E-state index contributed by atoms with van der Waals surface area (Å²) in [4.78, 5) is 0.160. The highest BCUT2D eigenvalue weighted by molar-refractivity contribution is 9.09. The second-order valence-electron chi connectivity index (χ2n) is 1.62. The van der Waals surface area contributed by atoms with E-state index < -0.39 is 0 Å². The maximum absolute atomic E-state index is 8.83. The minimum Gasteiger partial charge on any atom is -0.389 e. The van der Waals surface area contributed by atoms with Crippen molar-refractivity contribution in [2.24, 2.45) is 0 Å². The zero-order valence-electron chi connectivity index (χ0n) is 3.80. The molecule has 0 bridgehead atoms. The number of rotatable bonds is 0. The molecule has 0 saturated carbocycles. The van der Waals surface area contributed by atoms with E-state index in [1.165, 1.54) is 0 Å². The first-order valence-electron chi connectivity index (χ1n) is 2.20. The number of aliphatic hydroxyl groups is 1. The zero-order chi connectivity index (χ0) is 5.28. The van der Waals surface area contributed by atoms with E-state index in [2.05, 4.69) is 15.9 Å². The lowest BCUT2D eigenvalue weighted by atomic mass is 10.3. The summed E-state index contributed by atoms with van der Waals surface area (Å²) in [5.41, 5.74) is 0. The number of halogens is 1. The fraction of sp³-hybridized carbons (Fsp3) is 1.00. The summed E-state index contributed by atoms with van der Waals surface area (Å²) in [5.74, 6) is 0. The van der Waals surface area contributed by atoms with Crippen molar-refractivity contribution in [3.05, 3.63) is 0 Å². The molecule has 0 unspecified atom stereocenters. The molecule has 1 rings (SSSR count). The molecule has 1 aliphatic rings. The largest absolute Gasteiger partial charge is 0.389 e. The molecule has 42 valence electrons. The number of aliphatic hydroxyl groups excluding tert-OH is 1. The van der Waals surface area contributed by atoms with Gasteiger partial charge in [-0.25, -0.2) is 0 Å². The molecule has 0 aromatic carbocycles. The fourth-order valence-corrected chi connectivity index (χ4v) is 0.856. The molecule has 0 aromatic rings. The van der Waals surface area contributed by atoms with Crippen molar-refractivity contribution in [3.8, 4) is 0 Å². The van der Waals surface area contributed by atoms with Crippen LogP contribution in [-0.2, 0) is 4.74 Å². The monoisotopic (exact) mass is 166 g/mol. The molecule has 1 N–H and O–H groups in total.